The Morgan fingerprint density at radius 2 is 1.62 bits per heavy atom. The Balaban J connectivity index is 1.27. The first-order valence-electron chi connectivity index (χ1n) is 10.9. The van der Waals surface area contributed by atoms with Crippen LogP contribution in [0.1, 0.15) is 57.1 Å². The van der Waals surface area contributed by atoms with Gasteiger partial charge in [0, 0.05) is 24.5 Å². The van der Waals surface area contributed by atoms with Crippen LogP contribution in [0.5, 0.6) is 5.75 Å². The summed E-state index contributed by atoms with van der Waals surface area (Å²) in [4.78, 5) is 2.45. The van der Waals surface area contributed by atoms with Crippen molar-refractivity contribution < 1.29 is 4.74 Å². The summed E-state index contributed by atoms with van der Waals surface area (Å²) in [6.45, 7) is 4.48. The molecule has 0 amide bonds. The fraction of sp³-hybridized carbons (Fsp3) is 0.458. The summed E-state index contributed by atoms with van der Waals surface area (Å²) in [5.41, 5.74) is 3.52. The number of hydrogen-bond donors (Lipinski definition) is 2. The van der Waals surface area contributed by atoms with Gasteiger partial charge in [-0.05, 0) is 99.6 Å². The van der Waals surface area contributed by atoms with Gasteiger partial charge in [-0.25, -0.2) is 0 Å². The van der Waals surface area contributed by atoms with E-state index in [0.717, 1.165) is 11.4 Å². The topological polar surface area (TPSA) is 36.5 Å². The van der Waals surface area contributed by atoms with Crippen LogP contribution in [-0.4, -0.2) is 24.3 Å². The lowest BCUT2D eigenvalue weighted by atomic mass is 10.1. The summed E-state index contributed by atoms with van der Waals surface area (Å²) in [5.74, 6) is 0.938. The Labute approximate surface area is 179 Å². The number of nitrogens with zero attached hydrogens (tertiary/aromatic N) is 1. The molecule has 4 nitrogen and oxygen atoms in total. The van der Waals surface area contributed by atoms with Gasteiger partial charge in [-0.3, -0.25) is 0 Å². The molecule has 2 aromatic carbocycles. The van der Waals surface area contributed by atoms with Crippen molar-refractivity contribution >= 4 is 28.7 Å². The molecule has 1 aliphatic heterocycles. The van der Waals surface area contributed by atoms with Crippen LogP contribution in [0.3, 0.4) is 0 Å². The lowest BCUT2D eigenvalue weighted by Gasteiger charge is -2.20. The van der Waals surface area contributed by atoms with Crippen LogP contribution in [-0.2, 0) is 0 Å². The third-order valence-corrected chi connectivity index (χ3v) is 6.15. The fourth-order valence-corrected chi connectivity index (χ4v) is 4.51. The molecule has 1 saturated heterocycles. The van der Waals surface area contributed by atoms with Crippen LogP contribution in [0.2, 0.25) is 0 Å². The highest BCUT2D eigenvalue weighted by molar-refractivity contribution is 7.80. The molecule has 154 valence electrons. The van der Waals surface area contributed by atoms with E-state index in [1.54, 1.807) is 0 Å². The Bertz CT molecular complexity index is 794. The van der Waals surface area contributed by atoms with Crippen molar-refractivity contribution in [1.29, 1.82) is 0 Å². The highest BCUT2D eigenvalue weighted by Gasteiger charge is 2.16. The van der Waals surface area contributed by atoms with Gasteiger partial charge in [-0.1, -0.05) is 12.1 Å². The van der Waals surface area contributed by atoms with E-state index < -0.39 is 0 Å². The third kappa shape index (κ3) is 5.41. The van der Waals surface area contributed by atoms with Gasteiger partial charge in [0.1, 0.15) is 5.75 Å². The summed E-state index contributed by atoms with van der Waals surface area (Å²) in [6.07, 6.45) is 7.89. The number of nitrogens with one attached hydrogen (secondary N) is 2. The van der Waals surface area contributed by atoms with E-state index in [1.165, 1.54) is 62.9 Å². The molecular weight excluding hydrogens is 378 g/mol. The highest BCUT2D eigenvalue weighted by Crippen LogP contribution is 2.25. The molecule has 1 unspecified atom stereocenters. The molecule has 1 aliphatic carbocycles. The van der Waals surface area contributed by atoms with E-state index in [0.29, 0.717) is 11.2 Å². The van der Waals surface area contributed by atoms with Crippen molar-refractivity contribution in [2.24, 2.45) is 0 Å². The lowest BCUT2D eigenvalue weighted by Crippen LogP contribution is -2.30. The molecule has 0 spiro atoms. The molecule has 0 radical (unpaired) electrons. The quantitative estimate of drug-likeness (QED) is 0.603. The first kappa shape index (κ1) is 20.0. The Morgan fingerprint density at radius 1 is 0.966 bits per heavy atom. The Morgan fingerprint density at radius 3 is 2.28 bits per heavy atom. The zero-order valence-corrected chi connectivity index (χ0v) is 18.0. The predicted molar refractivity (Wildman–Crippen MR) is 125 cm³/mol. The minimum absolute atomic E-state index is 0.146. The van der Waals surface area contributed by atoms with E-state index in [-0.39, 0.29) is 6.04 Å². The van der Waals surface area contributed by atoms with Gasteiger partial charge >= 0.3 is 0 Å². The van der Waals surface area contributed by atoms with Crippen molar-refractivity contribution in [2.75, 3.05) is 23.3 Å². The number of ether oxygens (including phenoxy) is 1. The summed E-state index contributed by atoms with van der Waals surface area (Å²) in [6, 6.07) is 17.1. The van der Waals surface area contributed by atoms with Crippen molar-refractivity contribution in [3.05, 3.63) is 54.1 Å². The van der Waals surface area contributed by atoms with Gasteiger partial charge < -0.3 is 20.3 Å². The second kappa shape index (κ2) is 9.49. The van der Waals surface area contributed by atoms with Crippen LogP contribution in [0.4, 0.5) is 11.4 Å². The number of rotatable bonds is 6. The van der Waals surface area contributed by atoms with E-state index in [1.807, 2.05) is 24.3 Å². The number of hydrogen-bond acceptors (Lipinski definition) is 3. The number of benzene rings is 2. The molecule has 29 heavy (non-hydrogen) atoms. The zero-order chi connectivity index (χ0) is 20.1. The van der Waals surface area contributed by atoms with E-state index in [9.17, 15) is 0 Å². The first-order chi connectivity index (χ1) is 14.2. The van der Waals surface area contributed by atoms with Gasteiger partial charge in [-0.15, -0.1) is 0 Å². The third-order valence-electron chi connectivity index (χ3n) is 5.93. The number of thiocarbonyl (C=S) groups is 1. The molecule has 2 aliphatic rings. The maximum Gasteiger partial charge on any atom is 0.171 e. The minimum Gasteiger partial charge on any atom is -0.490 e. The van der Waals surface area contributed by atoms with Gasteiger partial charge in [0.25, 0.3) is 0 Å². The number of anilines is 2. The molecule has 5 heteroatoms. The lowest BCUT2D eigenvalue weighted by molar-refractivity contribution is 0.210. The average Bonchev–Trinajstić information content (AvgIpc) is 3.44. The molecular formula is C24H31N3OS. The van der Waals surface area contributed by atoms with Gasteiger partial charge in [-0.2, -0.15) is 0 Å². The van der Waals surface area contributed by atoms with Crippen molar-refractivity contribution in [3.63, 3.8) is 0 Å². The summed E-state index contributed by atoms with van der Waals surface area (Å²) in [7, 11) is 0. The van der Waals surface area contributed by atoms with Crippen LogP contribution >= 0.6 is 12.2 Å². The summed E-state index contributed by atoms with van der Waals surface area (Å²) in [5, 5.41) is 7.29. The molecule has 2 N–H and O–H groups in total. The van der Waals surface area contributed by atoms with E-state index >= 15 is 0 Å². The normalized spacial score (nSPS) is 17.9. The van der Waals surface area contributed by atoms with E-state index in [4.69, 9.17) is 17.0 Å². The van der Waals surface area contributed by atoms with Crippen molar-refractivity contribution in [1.82, 2.24) is 5.32 Å². The summed E-state index contributed by atoms with van der Waals surface area (Å²) >= 11 is 5.51. The largest absolute Gasteiger partial charge is 0.490 e. The summed E-state index contributed by atoms with van der Waals surface area (Å²) < 4.78 is 6.02. The fourth-order valence-electron chi connectivity index (χ4n) is 4.21. The second-order valence-corrected chi connectivity index (χ2v) is 8.56. The monoisotopic (exact) mass is 409 g/mol. The van der Waals surface area contributed by atoms with Crippen LogP contribution in [0.15, 0.2) is 48.5 Å². The first-order valence-corrected chi connectivity index (χ1v) is 11.3. The Kier molecular flexibility index (Phi) is 6.55. The molecule has 1 saturated carbocycles. The highest BCUT2D eigenvalue weighted by atomic mass is 32.1. The molecule has 0 bridgehead atoms. The SMILES string of the molecule is CC(NC(=S)Nc1ccc(OC2CCCC2)cc1)c1ccc(N2CCCC2)cc1. The van der Waals surface area contributed by atoms with Crippen molar-refractivity contribution in [3.8, 4) is 5.75 Å². The van der Waals surface area contributed by atoms with Gasteiger partial charge in [0.2, 0.25) is 0 Å². The zero-order valence-electron chi connectivity index (χ0n) is 17.2. The average molecular weight is 410 g/mol. The molecule has 0 aromatic heterocycles. The van der Waals surface area contributed by atoms with E-state index in [2.05, 4.69) is 46.7 Å². The minimum atomic E-state index is 0.146. The standard InChI is InChI=1S/C24H31N3OS/c1-18(19-8-12-21(13-9-19)27-16-4-5-17-27)25-24(29)26-20-10-14-23(15-11-20)28-22-6-2-3-7-22/h8-15,18,22H,2-7,16-17H2,1H3,(H2,25,26,29). The smallest absolute Gasteiger partial charge is 0.171 e. The molecule has 1 heterocycles. The van der Waals surface area contributed by atoms with Gasteiger partial charge in [0.15, 0.2) is 5.11 Å². The maximum absolute atomic E-state index is 6.02. The maximum atomic E-state index is 6.02. The van der Waals surface area contributed by atoms with Crippen molar-refractivity contribution in [2.45, 2.75) is 57.6 Å². The molecule has 1 atom stereocenters. The predicted octanol–water partition coefficient (Wildman–Crippen LogP) is 5.66. The van der Waals surface area contributed by atoms with Crippen LogP contribution in [0, 0.1) is 0 Å². The Hall–Kier alpha value is -2.27. The molecule has 2 fully saturated rings. The molecule has 4 rings (SSSR count). The van der Waals surface area contributed by atoms with Crippen LogP contribution < -0.4 is 20.3 Å². The van der Waals surface area contributed by atoms with Gasteiger partial charge in [0.05, 0.1) is 12.1 Å². The second-order valence-electron chi connectivity index (χ2n) is 8.15. The van der Waals surface area contributed by atoms with Crippen LogP contribution in [0.25, 0.3) is 0 Å². The molecule has 2 aromatic rings.